The highest BCUT2D eigenvalue weighted by molar-refractivity contribution is 9.10. The number of rotatable bonds is 3. The van der Waals surface area contributed by atoms with Crippen LogP contribution in [0.4, 0.5) is 13.2 Å². The Morgan fingerprint density at radius 1 is 1.12 bits per heavy atom. The van der Waals surface area contributed by atoms with Crippen LogP contribution in [-0.4, -0.2) is 62.2 Å². The van der Waals surface area contributed by atoms with Crippen molar-refractivity contribution in [2.24, 2.45) is 0 Å². The number of nitrogens with zero attached hydrogens (tertiary/aromatic N) is 2. The number of aromatic nitrogens is 1. The van der Waals surface area contributed by atoms with Gasteiger partial charge in [0.25, 0.3) is 5.91 Å². The van der Waals surface area contributed by atoms with Gasteiger partial charge in [-0.1, -0.05) is 47.3 Å². The Balaban J connectivity index is 0.000000411. The van der Waals surface area contributed by atoms with E-state index < -0.39 is 12.1 Å². The molecular formula is C28H27BrF3N3O4S. The molecule has 1 aliphatic carbocycles. The molecule has 6 rings (SSSR count). The molecule has 2 unspecified atom stereocenters. The molecule has 7 nitrogen and oxygen atoms in total. The SMILES string of the molecule is COc1ccc(C2c3[nH]c4ccc(Br)cc4c3CC3C(=O)N(C4CCCCC4)C(=S)N32)cc1.O=C(O)C(F)(F)F. The number of carboxylic acids is 1. The van der Waals surface area contributed by atoms with Crippen molar-refractivity contribution in [3.63, 3.8) is 0 Å². The topological polar surface area (TPSA) is 85.9 Å². The fourth-order valence-corrected chi connectivity index (χ4v) is 6.76. The minimum absolute atomic E-state index is 0.138. The quantitative estimate of drug-likeness (QED) is 0.326. The number of alkyl halides is 3. The van der Waals surface area contributed by atoms with E-state index in [1.54, 1.807) is 7.11 Å². The van der Waals surface area contributed by atoms with Crippen LogP contribution in [0.25, 0.3) is 10.9 Å². The number of nitrogens with one attached hydrogen (secondary N) is 1. The minimum Gasteiger partial charge on any atom is -0.497 e. The van der Waals surface area contributed by atoms with Crippen molar-refractivity contribution in [2.75, 3.05) is 7.11 Å². The molecule has 1 aromatic heterocycles. The standard InChI is InChI=1S/C26H26BrN3O2S.C2HF3O2/c1-32-18-10-7-15(8-11-18)24-23-20(19-13-16(27)9-12-21(19)28-23)14-22-25(31)29(26(33)30(22)24)17-5-3-2-4-6-17;3-2(4,5)1(6)7/h7-13,17,22,24,28H,2-6,14H2,1H3;(H,6,7). The second-order valence-corrected chi connectivity index (χ2v) is 11.4. The Hall–Kier alpha value is -3.12. The van der Waals surface area contributed by atoms with Gasteiger partial charge >= 0.3 is 12.1 Å². The lowest BCUT2D eigenvalue weighted by molar-refractivity contribution is -0.192. The van der Waals surface area contributed by atoms with E-state index in [1.165, 1.54) is 30.2 Å². The third kappa shape index (κ3) is 5.18. The van der Waals surface area contributed by atoms with E-state index in [2.05, 4.69) is 50.1 Å². The van der Waals surface area contributed by atoms with Crippen molar-refractivity contribution in [3.05, 3.63) is 63.8 Å². The number of carbonyl (C=O) groups excluding carboxylic acids is 1. The fourth-order valence-electron chi connectivity index (χ4n) is 5.92. The van der Waals surface area contributed by atoms with E-state index >= 15 is 0 Å². The molecule has 0 radical (unpaired) electrons. The van der Waals surface area contributed by atoms with Gasteiger partial charge in [-0.05, 0) is 66.5 Å². The zero-order valence-corrected chi connectivity index (χ0v) is 23.9. The highest BCUT2D eigenvalue weighted by Crippen LogP contribution is 2.45. The molecule has 1 amide bonds. The molecular weight excluding hydrogens is 611 g/mol. The monoisotopic (exact) mass is 637 g/mol. The number of aromatic amines is 1. The van der Waals surface area contributed by atoms with Gasteiger partial charge in [-0.15, -0.1) is 0 Å². The number of aliphatic carboxylic acids is 1. The molecule has 2 fully saturated rings. The Morgan fingerprint density at radius 2 is 1.77 bits per heavy atom. The van der Waals surface area contributed by atoms with E-state index in [4.69, 9.17) is 26.9 Å². The lowest BCUT2D eigenvalue weighted by Crippen LogP contribution is -2.44. The first-order valence-corrected chi connectivity index (χ1v) is 14.1. The van der Waals surface area contributed by atoms with E-state index in [0.717, 1.165) is 39.8 Å². The molecule has 212 valence electrons. The number of hydrogen-bond acceptors (Lipinski definition) is 4. The van der Waals surface area contributed by atoms with Gasteiger partial charge in [-0.3, -0.25) is 9.69 Å². The van der Waals surface area contributed by atoms with Crippen LogP contribution in [-0.2, 0) is 16.0 Å². The van der Waals surface area contributed by atoms with Crippen molar-refractivity contribution in [1.29, 1.82) is 0 Å². The smallest absolute Gasteiger partial charge is 0.490 e. The normalized spacial score (nSPS) is 21.1. The van der Waals surface area contributed by atoms with Gasteiger partial charge in [0.05, 0.1) is 13.2 Å². The molecule has 2 aliphatic heterocycles. The summed E-state index contributed by atoms with van der Waals surface area (Å²) >= 11 is 9.66. The number of carboxylic acid groups (broad SMARTS) is 1. The summed E-state index contributed by atoms with van der Waals surface area (Å²) < 4.78 is 38.2. The number of ether oxygens (including phenoxy) is 1. The van der Waals surface area contributed by atoms with Crippen molar-refractivity contribution < 1.29 is 32.6 Å². The van der Waals surface area contributed by atoms with E-state index in [-0.39, 0.29) is 24.0 Å². The van der Waals surface area contributed by atoms with Crippen LogP contribution in [0.3, 0.4) is 0 Å². The first-order chi connectivity index (χ1) is 19.0. The van der Waals surface area contributed by atoms with Gasteiger partial charge in [0.2, 0.25) is 0 Å². The third-order valence-electron chi connectivity index (χ3n) is 7.75. The highest BCUT2D eigenvalue weighted by Gasteiger charge is 2.52. The number of thiocarbonyl (C=S) groups is 1. The number of methoxy groups -OCH3 is 1. The van der Waals surface area contributed by atoms with Gasteiger partial charge in [0.1, 0.15) is 11.8 Å². The molecule has 1 saturated carbocycles. The molecule has 3 heterocycles. The van der Waals surface area contributed by atoms with Crippen LogP contribution < -0.4 is 4.74 Å². The van der Waals surface area contributed by atoms with Gasteiger partial charge in [-0.2, -0.15) is 13.2 Å². The molecule has 2 N–H and O–H groups in total. The summed E-state index contributed by atoms with van der Waals surface area (Å²) in [7, 11) is 1.68. The van der Waals surface area contributed by atoms with E-state index in [1.807, 2.05) is 23.1 Å². The van der Waals surface area contributed by atoms with Crippen molar-refractivity contribution in [3.8, 4) is 5.75 Å². The van der Waals surface area contributed by atoms with Gasteiger partial charge in [-0.25, -0.2) is 4.79 Å². The predicted octanol–water partition coefficient (Wildman–Crippen LogP) is 6.35. The summed E-state index contributed by atoms with van der Waals surface area (Å²) in [6, 6.07) is 14.3. The number of carbonyl (C=O) groups is 2. The van der Waals surface area contributed by atoms with Crippen molar-refractivity contribution >= 4 is 56.0 Å². The Kier molecular flexibility index (Phi) is 7.84. The average Bonchev–Trinajstić information content (AvgIpc) is 3.41. The maximum atomic E-state index is 13.8. The zero-order valence-electron chi connectivity index (χ0n) is 21.5. The Labute approximate surface area is 242 Å². The van der Waals surface area contributed by atoms with Crippen LogP contribution in [0.5, 0.6) is 5.75 Å². The largest absolute Gasteiger partial charge is 0.497 e. The Morgan fingerprint density at radius 3 is 2.38 bits per heavy atom. The number of halogens is 4. The van der Waals surface area contributed by atoms with Gasteiger partial charge in [0.15, 0.2) is 5.11 Å². The summed E-state index contributed by atoms with van der Waals surface area (Å²) in [4.78, 5) is 30.5. The maximum absolute atomic E-state index is 13.8. The molecule has 0 bridgehead atoms. The molecule has 2 atom stereocenters. The van der Waals surface area contributed by atoms with Crippen molar-refractivity contribution in [2.45, 2.75) is 62.8 Å². The predicted molar refractivity (Wildman–Crippen MR) is 150 cm³/mol. The average molecular weight is 639 g/mol. The summed E-state index contributed by atoms with van der Waals surface area (Å²) in [5.74, 6) is -1.77. The number of H-pyrrole nitrogens is 1. The number of hydrogen-bond donors (Lipinski definition) is 2. The molecule has 0 spiro atoms. The lowest BCUT2D eigenvalue weighted by atomic mass is 9.88. The van der Waals surface area contributed by atoms with E-state index in [9.17, 15) is 18.0 Å². The molecule has 3 aliphatic rings. The Bertz CT molecular complexity index is 1450. The number of fused-ring (bicyclic) bond motifs is 4. The van der Waals surface area contributed by atoms with Crippen molar-refractivity contribution in [1.82, 2.24) is 14.8 Å². The second-order valence-electron chi connectivity index (χ2n) is 10.1. The second kappa shape index (κ2) is 11.0. The minimum atomic E-state index is -5.08. The molecule has 40 heavy (non-hydrogen) atoms. The number of benzene rings is 2. The fraction of sp³-hybridized carbons (Fsp3) is 0.393. The van der Waals surface area contributed by atoms with Gasteiger partial charge in [0, 0.05) is 33.5 Å². The van der Waals surface area contributed by atoms with Crippen LogP contribution in [0.2, 0.25) is 0 Å². The summed E-state index contributed by atoms with van der Waals surface area (Å²) in [5, 5.41) is 8.98. The van der Waals surface area contributed by atoms with Crippen LogP contribution in [0.1, 0.15) is 55.0 Å². The summed E-state index contributed by atoms with van der Waals surface area (Å²) in [5.41, 5.74) is 4.54. The molecule has 2 aromatic carbocycles. The first kappa shape index (κ1) is 28.4. The first-order valence-electron chi connectivity index (χ1n) is 12.9. The summed E-state index contributed by atoms with van der Waals surface area (Å²) in [6.45, 7) is 0. The van der Waals surface area contributed by atoms with Crippen LogP contribution in [0.15, 0.2) is 46.9 Å². The highest BCUT2D eigenvalue weighted by atomic mass is 79.9. The maximum Gasteiger partial charge on any atom is 0.490 e. The summed E-state index contributed by atoms with van der Waals surface area (Å²) in [6.07, 6.45) is 1.25. The van der Waals surface area contributed by atoms with Gasteiger partial charge < -0.3 is 19.7 Å². The lowest BCUT2D eigenvalue weighted by Gasteiger charge is -2.38. The third-order valence-corrected chi connectivity index (χ3v) is 8.65. The van der Waals surface area contributed by atoms with Crippen LogP contribution in [0, 0.1) is 0 Å². The van der Waals surface area contributed by atoms with Crippen LogP contribution >= 0.6 is 28.1 Å². The molecule has 12 heteroatoms. The molecule has 3 aromatic rings. The number of amides is 1. The zero-order chi connectivity index (χ0) is 28.8. The van der Waals surface area contributed by atoms with E-state index in [0.29, 0.717) is 11.5 Å². The molecule has 1 saturated heterocycles.